The van der Waals surface area contributed by atoms with E-state index in [1.165, 1.54) is 17.3 Å². The van der Waals surface area contributed by atoms with Gasteiger partial charge in [-0.05, 0) is 30.9 Å². The zero-order valence-corrected chi connectivity index (χ0v) is 10.8. The van der Waals surface area contributed by atoms with Crippen LogP contribution in [0.3, 0.4) is 0 Å². The Balaban J connectivity index is 1.76. The minimum atomic E-state index is -0.158. The van der Waals surface area contributed by atoms with Gasteiger partial charge in [-0.25, -0.2) is 4.98 Å². The highest BCUT2D eigenvalue weighted by Gasteiger charge is 2.24. The lowest BCUT2D eigenvalue weighted by Crippen LogP contribution is -2.28. The number of carbonyl (C=O) groups is 1. The van der Waals surface area contributed by atoms with Crippen molar-refractivity contribution in [1.29, 1.82) is 0 Å². The highest BCUT2D eigenvalue weighted by Crippen LogP contribution is 2.30. The van der Waals surface area contributed by atoms with Crippen LogP contribution < -0.4 is 5.32 Å². The van der Waals surface area contributed by atoms with Crippen LogP contribution in [0.2, 0.25) is 0 Å². The summed E-state index contributed by atoms with van der Waals surface area (Å²) in [7, 11) is 0. The van der Waals surface area contributed by atoms with E-state index < -0.39 is 0 Å². The Morgan fingerprint density at radius 3 is 2.89 bits per heavy atom. The average molecular weight is 253 g/mol. The zero-order chi connectivity index (χ0) is 13.2. The van der Waals surface area contributed by atoms with E-state index in [1.807, 2.05) is 19.1 Å². The molecule has 19 heavy (non-hydrogen) atoms. The first-order chi connectivity index (χ1) is 9.24. The molecule has 1 heterocycles. The normalized spacial score (nSPS) is 17.0. The van der Waals surface area contributed by atoms with Gasteiger partial charge >= 0.3 is 0 Å². The lowest BCUT2D eigenvalue weighted by atomic mass is 10.1. The topological polar surface area (TPSA) is 54.9 Å². The quantitative estimate of drug-likeness (QED) is 0.892. The summed E-state index contributed by atoms with van der Waals surface area (Å²) in [5.74, 6) is -0.158. The van der Waals surface area contributed by atoms with Crippen LogP contribution in [0.25, 0.3) is 0 Å². The van der Waals surface area contributed by atoms with E-state index in [0.29, 0.717) is 5.69 Å². The first kappa shape index (κ1) is 11.8. The molecular weight excluding hydrogens is 238 g/mol. The molecule has 0 saturated heterocycles. The maximum absolute atomic E-state index is 12.1. The third kappa shape index (κ3) is 2.34. The van der Waals surface area contributed by atoms with E-state index >= 15 is 0 Å². The fourth-order valence-electron chi connectivity index (χ4n) is 2.45. The molecule has 4 nitrogen and oxygen atoms in total. The summed E-state index contributed by atoms with van der Waals surface area (Å²) in [6.45, 7) is 1.85. The second kappa shape index (κ2) is 4.80. The van der Waals surface area contributed by atoms with Crippen LogP contribution in [0.5, 0.6) is 0 Å². The molecule has 4 heteroatoms. The van der Waals surface area contributed by atoms with Crippen molar-refractivity contribution in [3.05, 3.63) is 59.2 Å². The molecule has 0 radical (unpaired) electrons. The van der Waals surface area contributed by atoms with Gasteiger partial charge in [-0.15, -0.1) is 0 Å². The molecule has 1 aromatic carbocycles. The smallest absolute Gasteiger partial charge is 0.271 e. The van der Waals surface area contributed by atoms with Gasteiger partial charge in [-0.2, -0.15) is 0 Å². The van der Waals surface area contributed by atoms with Gasteiger partial charge in [0.05, 0.1) is 17.9 Å². The molecular formula is C15H15N3O. The monoisotopic (exact) mass is 253 g/mol. The Kier molecular flexibility index (Phi) is 2.99. The molecule has 1 aliphatic rings. The van der Waals surface area contributed by atoms with E-state index in [4.69, 9.17) is 0 Å². The summed E-state index contributed by atoms with van der Waals surface area (Å²) in [5.41, 5.74) is 3.72. The lowest BCUT2D eigenvalue weighted by Gasteiger charge is -2.13. The molecule has 3 rings (SSSR count). The maximum Gasteiger partial charge on any atom is 0.271 e. The maximum atomic E-state index is 12.1. The number of benzene rings is 1. The van der Waals surface area contributed by atoms with Gasteiger partial charge in [0, 0.05) is 6.20 Å². The number of nitrogens with one attached hydrogen (secondary N) is 1. The molecule has 0 spiro atoms. The Morgan fingerprint density at radius 2 is 2.11 bits per heavy atom. The number of rotatable bonds is 2. The van der Waals surface area contributed by atoms with Crippen LogP contribution in [0.15, 0.2) is 36.7 Å². The van der Waals surface area contributed by atoms with E-state index in [9.17, 15) is 4.79 Å². The molecule has 0 saturated carbocycles. The van der Waals surface area contributed by atoms with Gasteiger partial charge in [0.2, 0.25) is 0 Å². The summed E-state index contributed by atoms with van der Waals surface area (Å²) in [6.07, 6.45) is 5.09. The van der Waals surface area contributed by atoms with Crippen molar-refractivity contribution in [1.82, 2.24) is 15.3 Å². The third-order valence-electron chi connectivity index (χ3n) is 3.45. The Hall–Kier alpha value is -2.23. The van der Waals surface area contributed by atoms with Gasteiger partial charge in [0.25, 0.3) is 5.91 Å². The molecule has 96 valence electrons. The van der Waals surface area contributed by atoms with Crippen LogP contribution in [-0.4, -0.2) is 15.9 Å². The SMILES string of the molecule is Cc1cnc(C(=O)NC2CCc3ccccc32)cn1. The van der Waals surface area contributed by atoms with Crippen molar-refractivity contribution in [3.8, 4) is 0 Å². The minimum absolute atomic E-state index is 0.0896. The molecule has 0 fully saturated rings. The number of aryl methyl sites for hydroxylation is 2. The van der Waals surface area contributed by atoms with Crippen molar-refractivity contribution in [3.63, 3.8) is 0 Å². The summed E-state index contributed by atoms with van der Waals surface area (Å²) in [4.78, 5) is 20.3. The van der Waals surface area contributed by atoms with Gasteiger partial charge in [-0.1, -0.05) is 24.3 Å². The Bertz CT molecular complexity index is 607. The molecule has 1 N–H and O–H groups in total. The Morgan fingerprint density at radius 1 is 1.26 bits per heavy atom. The molecule has 1 amide bonds. The zero-order valence-electron chi connectivity index (χ0n) is 10.8. The molecule has 0 bridgehead atoms. The molecule has 1 unspecified atom stereocenters. The second-order valence-corrected chi connectivity index (χ2v) is 4.81. The number of carbonyl (C=O) groups excluding carboxylic acids is 1. The molecule has 1 atom stereocenters. The molecule has 0 aliphatic heterocycles. The van der Waals surface area contributed by atoms with Crippen LogP contribution in [0.1, 0.15) is 39.8 Å². The number of nitrogens with zero attached hydrogens (tertiary/aromatic N) is 2. The summed E-state index contributed by atoms with van der Waals surface area (Å²) >= 11 is 0. The fraction of sp³-hybridized carbons (Fsp3) is 0.267. The standard InChI is InChI=1S/C15H15N3O/c1-10-8-17-14(9-16-10)15(19)18-13-7-6-11-4-2-3-5-12(11)13/h2-5,8-9,13H,6-7H2,1H3,(H,18,19). The van der Waals surface area contributed by atoms with Crippen molar-refractivity contribution in [2.24, 2.45) is 0 Å². The van der Waals surface area contributed by atoms with E-state index in [0.717, 1.165) is 18.5 Å². The fourth-order valence-corrected chi connectivity index (χ4v) is 2.45. The highest BCUT2D eigenvalue weighted by atomic mass is 16.1. The predicted molar refractivity (Wildman–Crippen MR) is 71.7 cm³/mol. The van der Waals surface area contributed by atoms with Crippen molar-refractivity contribution in [2.45, 2.75) is 25.8 Å². The van der Waals surface area contributed by atoms with Gasteiger partial charge in [-0.3, -0.25) is 9.78 Å². The van der Waals surface area contributed by atoms with Crippen molar-refractivity contribution < 1.29 is 4.79 Å². The number of hydrogen-bond donors (Lipinski definition) is 1. The number of amides is 1. The highest BCUT2D eigenvalue weighted by molar-refractivity contribution is 5.92. The molecule has 1 aromatic heterocycles. The number of aromatic nitrogens is 2. The third-order valence-corrected chi connectivity index (χ3v) is 3.45. The molecule has 2 aromatic rings. The lowest BCUT2D eigenvalue weighted by molar-refractivity contribution is 0.0931. The summed E-state index contributed by atoms with van der Waals surface area (Å²) < 4.78 is 0. The van der Waals surface area contributed by atoms with Crippen molar-refractivity contribution in [2.75, 3.05) is 0 Å². The first-order valence-corrected chi connectivity index (χ1v) is 6.41. The van der Waals surface area contributed by atoms with E-state index in [1.54, 1.807) is 6.20 Å². The van der Waals surface area contributed by atoms with E-state index in [-0.39, 0.29) is 11.9 Å². The summed E-state index contributed by atoms with van der Waals surface area (Å²) in [6, 6.07) is 8.33. The van der Waals surface area contributed by atoms with Gasteiger partial charge in [0.1, 0.15) is 5.69 Å². The van der Waals surface area contributed by atoms with E-state index in [2.05, 4.69) is 27.4 Å². The Labute approximate surface area is 111 Å². The van der Waals surface area contributed by atoms with Crippen LogP contribution in [0.4, 0.5) is 0 Å². The minimum Gasteiger partial charge on any atom is -0.344 e. The largest absolute Gasteiger partial charge is 0.344 e. The van der Waals surface area contributed by atoms with Crippen LogP contribution >= 0.6 is 0 Å². The number of hydrogen-bond acceptors (Lipinski definition) is 3. The van der Waals surface area contributed by atoms with Gasteiger partial charge < -0.3 is 5.32 Å². The van der Waals surface area contributed by atoms with Gasteiger partial charge in [0.15, 0.2) is 0 Å². The van der Waals surface area contributed by atoms with Crippen molar-refractivity contribution >= 4 is 5.91 Å². The summed E-state index contributed by atoms with van der Waals surface area (Å²) in [5, 5.41) is 3.03. The molecule has 1 aliphatic carbocycles. The second-order valence-electron chi connectivity index (χ2n) is 4.81. The predicted octanol–water partition coefficient (Wildman–Crippen LogP) is 2.20. The van der Waals surface area contributed by atoms with Crippen LogP contribution in [0, 0.1) is 6.92 Å². The van der Waals surface area contributed by atoms with Crippen LogP contribution in [-0.2, 0) is 6.42 Å². The number of fused-ring (bicyclic) bond motifs is 1. The average Bonchev–Trinajstić information content (AvgIpc) is 2.83. The first-order valence-electron chi connectivity index (χ1n) is 6.41.